The summed E-state index contributed by atoms with van der Waals surface area (Å²) in [5, 5.41) is 3.54. The summed E-state index contributed by atoms with van der Waals surface area (Å²) in [5.41, 5.74) is 10.5. The van der Waals surface area contributed by atoms with Crippen LogP contribution in [0.5, 0.6) is 0 Å². The van der Waals surface area contributed by atoms with Crippen LogP contribution in [-0.4, -0.2) is 9.55 Å². The van der Waals surface area contributed by atoms with Crippen LogP contribution >= 0.6 is 11.3 Å². The van der Waals surface area contributed by atoms with Crippen molar-refractivity contribution in [1.29, 1.82) is 0 Å². The third-order valence-corrected chi connectivity index (χ3v) is 8.46. The number of imidazole rings is 1. The number of thiophene rings is 1. The minimum absolute atomic E-state index is 0.462. The molecule has 2 nitrogen and oxygen atoms in total. The minimum Gasteiger partial charge on any atom is -0.291 e. The smallest absolute Gasteiger partial charge is 0.147 e. The van der Waals surface area contributed by atoms with E-state index in [0.717, 1.165) is 22.5 Å². The fourth-order valence-corrected chi connectivity index (χ4v) is 6.42. The zero-order chi connectivity index (χ0) is 26.3. The molecule has 0 radical (unpaired) electrons. The summed E-state index contributed by atoms with van der Waals surface area (Å²) in [6.45, 7) is 4.51. The molecule has 39 heavy (non-hydrogen) atoms. The van der Waals surface area contributed by atoms with Crippen LogP contribution in [0.3, 0.4) is 0 Å². The summed E-state index contributed by atoms with van der Waals surface area (Å²) in [5.74, 6) is 1.44. The Labute approximate surface area is 232 Å². The highest BCUT2D eigenvalue weighted by atomic mass is 32.1. The first-order valence-corrected chi connectivity index (χ1v) is 14.3. The molecule has 0 saturated heterocycles. The molecular weight excluding hydrogens is 492 g/mol. The van der Waals surface area contributed by atoms with Crippen LogP contribution in [0.2, 0.25) is 0 Å². The van der Waals surface area contributed by atoms with Gasteiger partial charge in [-0.1, -0.05) is 111 Å². The SMILES string of the molecule is CC(C)c1ccc2scc(-c3nc4ccccc4n3-c3c(-c4ccccc4)cccc3-c3ccccc3)c2c1. The molecule has 0 aliphatic heterocycles. The molecule has 0 amide bonds. The highest BCUT2D eigenvalue weighted by molar-refractivity contribution is 7.17. The molecule has 0 aliphatic carbocycles. The maximum absolute atomic E-state index is 5.30. The topological polar surface area (TPSA) is 17.8 Å². The first-order chi connectivity index (χ1) is 19.2. The highest BCUT2D eigenvalue weighted by Crippen LogP contribution is 2.43. The summed E-state index contributed by atoms with van der Waals surface area (Å²) in [6, 6.07) is 43.4. The van der Waals surface area contributed by atoms with E-state index in [0.29, 0.717) is 5.92 Å². The van der Waals surface area contributed by atoms with E-state index in [9.17, 15) is 0 Å². The van der Waals surface area contributed by atoms with Gasteiger partial charge in [-0.3, -0.25) is 4.57 Å². The lowest BCUT2D eigenvalue weighted by Gasteiger charge is -2.19. The van der Waals surface area contributed by atoms with Crippen LogP contribution in [0, 0.1) is 0 Å². The molecule has 7 rings (SSSR count). The van der Waals surface area contributed by atoms with E-state index in [2.05, 4.69) is 145 Å². The van der Waals surface area contributed by atoms with Gasteiger partial charge < -0.3 is 0 Å². The van der Waals surface area contributed by atoms with Crippen molar-refractivity contribution in [3.8, 4) is 39.3 Å². The van der Waals surface area contributed by atoms with Gasteiger partial charge in [0.2, 0.25) is 0 Å². The van der Waals surface area contributed by atoms with Crippen molar-refractivity contribution in [1.82, 2.24) is 9.55 Å². The predicted molar refractivity (Wildman–Crippen MR) is 167 cm³/mol. The van der Waals surface area contributed by atoms with E-state index in [4.69, 9.17) is 4.98 Å². The summed E-state index contributed by atoms with van der Waals surface area (Å²) < 4.78 is 3.68. The Morgan fingerprint density at radius 3 is 1.95 bits per heavy atom. The van der Waals surface area contributed by atoms with Crippen molar-refractivity contribution in [3.63, 3.8) is 0 Å². The molecule has 3 heteroatoms. The number of para-hydroxylation sites is 3. The number of aromatic nitrogens is 2. The molecule has 0 N–H and O–H groups in total. The lowest BCUT2D eigenvalue weighted by atomic mass is 9.95. The van der Waals surface area contributed by atoms with E-state index in [1.54, 1.807) is 11.3 Å². The van der Waals surface area contributed by atoms with E-state index in [1.165, 1.54) is 43.5 Å². The molecule has 7 aromatic rings. The van der Waals surface area contributed by atoms with Crippen molar-refractivity contribution in [3.05, 3.63) is 132 Å². The lowest BCUT2D eigenvalue weighted by Crippen LogP contribution is -2.03. The second-order valence-corrected chi connectivity index (χ2v) is 11.2. The molecule has 0 bridgehead atoms. The maximum Gasteiger partial charge on any atom is 0.147 e. The quantitative estimate of drug-likeness (QED) is 0.221. The Morgan fingerprint density at radius 1 is 0.641 bits per heavy atom. The monoisotopic (exact) mass is 520 g/mol. The van der Waals surface area contributed by atoms with Crippen LogP contribution < -0.4 is 0 Å². The molecule has 0 aliphatic rings. The van der Waals surface area contributed by atoms with Crippen molar-refractivity contribution in [2.75, 3.05) is 0 Å². The normalized spacial score (nSPS) is 11.6. The van der Waals surface area contributed by atoms with Crippen molar-refractivity contribution in [2.24, 2.45) is 0 Å². The van der Waals surface area contributed by atoms with E-state index >= 15 is 0 Å². The van der Waals surface area contributed by atoms with Crippen LogP contribution in [0.1, 0.15) is 25.3 Å². The number of hydrogen-bond donors (Lipinski definition) is 0. The largest absolute Gasteiger partial charge is 0.291 e. The van der Waals surface area contributed by atoms with Gasteiger partial charge in [0.15, 0.2) is 0 Å². The average molecular weight is 521 g/mol. The van der Waals surface area contributed by atoms with Gasteiger partial charge in [0, 0.05) is 32.2 Å². The summed E-state index contributed by atoms with van der Waals surface area (Å²) in [6.07, 6.45) is 0. The Morgan fingerprint density at radius 2 is 1.28 bits per heavy atom. The number of nitrogens with zero attached hydrogens (tertiary/aromatic N) is 2. The molecule has 0 atom stereocenters. The molecule has 188 valence electrons. The third kappa shape index (κ3) is 4.07. The highest BCUT2D eigenvalue weighted by Gasteiger charge is 2.23. The van der Waals surface area contributed by atoms with Gasteiger partial charge >= 0.3 is 0 Å². The molecule has 2 heterocycles. The van der Waals surface area contributed by atoms with Crippen molar-refractivity contribution < 1.29 is 0 Å². The summed E-state index contributed by atoms with van der Waals surface area (Å²) in [7, 11) is 0. The van der Waals surface area contributed by atoms with Gasteiger partial charge in [0.05, 0.1) is 16.7 Å². The minimum atomic E-state index is 0.462. The molecule has 2 aromatic heterocycles. The predicted octanol–water partition coefficient (Wildman–Crippen LogP) is 10.4. The van der Waals surface area contributed by atoms with Crippen molar-refractivity contribution >= 4 is 32.5 Å². The van der Waals surface area contributed by atoms with E-state index in [1.807, 2.05) is 0 Å². The van der Waals surface area contributed by atoms with Gasteiger partial charge in [-0.25, -0.2) is 4.98 Å². The van der Waals surface area contributed by atoms with Crippen LogP contribution in [0.15, 0.2) is 127 Å². The van der Waals surface area contributed by atoms with Gasteiger partial charge in [0.25, 0.3) is 0 Å². The molecular formula is C36H28N2S. The number of rotatable bonds is 5. The second-order valence-electron chi connectivity index (χ2n) is 10.3. The average Bonchev–Trinajstić information content (AvgIpc) is 3.58. The van der Waals surface area contributed by atoms with Gasteiger partial charge in [-0.05, 0) is 46.9 Å². The molecule has 0 unspecified atom stereocenters. The van der Waals surface area contributed by atoms with E-state index in [-0.39, 0.29) is 0 Å². The fourth-order valence-electron chi connectivity index (χ4n) is 5.50. The summed E-state index contributed by atoms with van der Waals surface area (Å²) >= 11 is 1.79. The zero-order valence-corrected chi connectivity index (χ0v) is 22.8. The van der Waals surface area contributed by atoms with Crippen LogP contribution in [0.4, 0.5) is 0 Å². The zero-order valence-electron chi connectivity index (χ0n) is 22.0. The van der Waals surface area contributed by atoms with Crippen LogP contribution in [-0.2, 0) is 0 Å². The maximum atomic E-state index is 5.30. The Kier molecular flexibility index (Phi) is 5.87. The fraction of sp³-hybridized carbons (Fsp3) is 0.0833. The molecule has 0 fully saturated rings. The molecule has 5 aromatic carbocycles. The van der Waals surface area contributed by atoms with Crippen LogP contribution in [0.25, 0.3) is 60.4 Å². The summed E-state index contributed by atoms with van der Waals surface area (Å²) in [4.78, 5) is 5.30. The first kappa shape index (κ1) is 23.6. The third-order valence-electron chi connectivity index (χ3n) is 7.50. The molecule has 0 saturated carbocycles. The Balaban J connectivity index is 1.61. The number of benzene rings is 5. The van der Waals surface area contributed by atoms with Crippen molar-refractivity contribution in [2.45, 2.75) is 19.8 Å². The van der Waals surface area contributed by atoms with Gasteiger partial charge in [-0.15, -0.1) is 11.3 Å². The number of fused-ring (bicyclic) bond motifs is 2. The first-order valence-electron chi connectivity index (χ1n) is 13.4. The molecule has 0 spiro atoms. The standard InChI is InChI=1S/C36H28N2S/c1-24(2)27-20-21-34-30(22-27)31(23-39-34)36-37-32-18-9-10-19-33(32)38(36)35-28(25-12-5-3-6-13-25)16-11-17-29(35)26-14-7-4-8-15-26/h3-24H,1-2H3. The van der Waals surface area contributed by atoms with Gasteiger partial charge in [-0.2, -0.15) is 0 Å². The second kappa shape index (κ2) is 9.68. The van der Waals surface area contributed by atoms with E-state index < -0.39 is 0 Å². The Hall–Kier alpha value is -4.47. The Bertz CT molecular complexity index is 1870. The lowest BCUT2D eigenvalue weighted by molar-refractivity contribution is 0.869. The van der Waals surface area contributed by atoms with Gasteiger partial charge in [0.1, 0.15) is 5.82 Å². The number of hydrogen-bond acceptors (Lipinski definition) is 2.